The van der Waals surface area contributed by atoms with Gasteiger partial charge in [0.05, 0.1) is 6.07 Å². The summed E-state index contributed by atoms with van der Waals surface area (Å²) in [5.41, 5.74) is 0.259. The lowest BCUT2D eigenvalue weighted by Crippen LogP contribution is -2.39. The topological polar surface area (TPSA) is 36.3 Å². The van der Waals surface area contributed by atoms with Crippen LogP contribution in [0.25, 0.3) is 0 Å². The van der Waals surface area contributed by atoms with Crippen LogP contribution in [-0.2, 0) is 4.74 Å². The van der Waals surface area contributed by atoms with E-state index >= 15 is 0 Å². The molecule has 1 aliphatic rings. The van der Waals surface area contributed by atoms with Gasteiger partial charge < -0.3 is 4.74 Å². The van der Waals surface area contributed by atoms with E-state index in [1.807, 2.05) is 0 Å². The molecule has 0 bridgehead atoms. The van der Waals surface area contributed by atoms with E-state index in [0.717, 1.165) is 32.5 Å². The zero-order chi connectivity index (χ0) is 11.3. The van der Waals surface area contributed by atoms with Crippen molar-refractivity contribution >= 4 is 0 Å². The molecule has 1 saturated heterocycles. The van der Waals surface area contributed by atoms with Crippen LogP contribution in [0.4, 0.5) is 0 Å². The summed E-state index contributed by atoms with van der Waals surface area (Å²) in [6.45, 7) is 7.54. The van der Waals surface area contributed by atoms with Crippen molar-refractivity contribution in [1.29, 1.82) is 5.26 Å². The van der Waals surface area contributed by atoms with Crippen molar-refractivity contribution in [3.8, 4) is 6.07 Å². The SMILES string of the molecule is COCCCN1CC(CC#N)CC1(C)C. The Morgan fingerprint density at radius 2 is 2.27 bits per heavy atom. The molecule has 1 fully saturated rings. The van der Waals surface area contributed by atoms with Gasteiger partial charge in [0.15, 0.2) is 0 Å². The number of nitriles is 1. The van der Waals surface area contributed by atoms with Crippen molar-refractivity contribution in [2.45, 2.75) is 38.6 Å². The van der Waals surface area contributed by atoms with Crippen molar-refractivity contribution < 1.29 is 4.74 Å². The van der Waals surface area contributed by atoms with Gasteiger partial charge in [-0.3, -0.25) is 4.90 Å². The second kappa shape index (κ2) is 5.48. The van der Waals surface area contributed by atoms with Crippen molar-refractivity contribution in [3.63, 3.8) is 0 Å². The maximum Gasteiger partial charge on any atom is 0.0625 e. The Labute approximate surface area is 93.0 Å². The highest BCUT2D eigenvalue weighted by Crippen LogP contribution is 2.33. The second-order valence-corrected chi connectivity index (χ2v) is 5.04. The minimum Gasteiger partial charge on any atom is -0.385 e. The summed E-state index contributed by atoms with van der Waals surface area (Å²) >= 11 is 0. The maximum absolute atomic E-state index is 8.71. The predicted molar refractivity (Wildman–Crippen MR) is 60.5 cm³/mol. The highest BCUT2D eigenvalue weighted by atomic mass is 16.5. The quantitative estimate of drug-likeness (QED) is 0.651. The molecule has 0 aromatic rings. The van der Waals surface area contributed by atoms with Gasteiger partial charge in [-0.2, -0.15) is 5.26 Å². The molecule has 1 atom stereocenters. The van der Waals surface area contributed by atoms with E-state index in [9.17, 15) is 0 Å². The molecule has 0 spiro atoms. The summed E-state index contributed by atoms with van der Waals surface area (Å²) in [6, 6.07) is 2.28. The largest absolute Gasteiger partial charge is 0.385 e. The van der Waals surface area contributed by atoms with E-state index in [2.05, 4.69) is 24.8 Å². The first-order chi connectivity index (χ1) is 7.10. The highest BCUT2D eigenvalue weighted by molar-refractivity contribution is 4.95. The van der Waals surface area contributed by atoms with Crippen LogP contribution in [0, 0.1) is 17.2 Å². The zero-order valence-corrected chi connectivity index (χ0v) is 10.1. The Hall–Kier alpha value is -0.590. The summed E-state index contributed by atoms with van der Waals surface area (Å²) in [4.78, 5) is 2.49. The molecule has 1 aliphatic heterocycles. The van der Waals surface area contributed by atoms with Crippen LogP contribution >= 0.6 is 0 Å². The molecule has 0 saturated carbocycles. The smallest absolute Gasteiger partial charge is 0.0625 e. The Balaban J connectivity index is 2.40. The minimum atomic E-state index is 0.259. The summed E-state index contributed by atoms with van der Waals surface area (Å²) in [5, 5.41) is 8.71. The Kier molecular flexibility index (Phi) is 4.56. The molecule has 0 aromatic carbocycles. The molecule has 15 heavy (non-hydrogen) atoms. The van der Waals surface area contributed by atoms with Gasteiger partial charge in [-0.1, -0.05) is 0 Å². The van der Waals surface area contributed by atoms with Crippen LogP contribution in [0.3, 0.4) is 0 Å². The molecule has 0 aliphatic carbocycles. The molecule has 3 nitrogen and oxygen atoms in total. The monoisotopic (exact) mass is 210 g/mol. The minimum absolute atomic E-state index is 0.259. The average Bonchev–Trinajstić information content (AvgIpc) is 2.42. The van der Waals surface area contributed by atoms with Gasteiger partial charge in [0.25, 0.3) is 0 Å². The molecule has 1 heterocycles. The molecule has 1 unspecified atom stereocenters. The van der Waals surface area contributed by atoms with Gasteiger partial charge in [0, 0.05) is 38.8 Å². The number of rotatable bonds is 5. The van der Waals surface area contributed by atoms with Crippen LogP contribution in [0.15, 0.2) is 0 Å². The van der Waals surface area contributed by atoms with E-state index in [1.54, 1.807) is 7.11 Å². The number of nitrogens with zero attached hydrogens (tertiary/aromatic N) is 2. The summed E-state index contributed by atoms with van der Waals surface area (Å²) in [6.07, 6.45) is 2.93. The fourth-order valence-electron chi connectivity index (χ4n) is 2.52. The molecule has 0 aromatic heterocycles. The van der Waals surface area contributed by atoms with Crippen molar-refractivity contribution in [2.24, 2.45) is 5.92 Å². The van der Waals surface area contributed by atoms with Crippen molar-refractivity contribution in [1.82, 2.24) is 4.90 Å². The van der Waals surface area contributed by atoms with Gasteiger partial charge in [-0.05, 0) is 32.6 Å². The Bertz CT molecular complexity index is 232. The molecular formula is C12H22N2O. The van der Waals surface area contributed by atoms with E-state index in [-0.39, 0.29) is 5.54 Å². The van der Waals surface area contributed by atoms with Crippen molar-refractivity contribution in [2.75, 3.05) is 26.8 Å². The number of hydrogen-bond acceptors (Lipinski definition) is 3. The molecule has 3 heteroatoms. The van der Waals surface area contributed by atoms with Gasteiger partial charge in [-0.25, -0.2) is 0 Å². The zero-order valence-electron chi connectivity index (χ0n) is 10.1. The van der Waals surface area contributed by atoms with E-state index in [0.29, 0.717) is 12.3 Å². The lowest BCUT2D eigenvalue weighted by Gasteiger charge is -2.31. The second-order valence-electron chi connectivity index (χ2n) is 5.04. The third-order valence-corrected chi connectivity index (χ3v) is 3.28. The van der Waals surface area contributed by atoms with E-state index in [1.165, 1.54) is 0 Å². The van der Waals surface area contributed by atoms with Crippen LogP contribution in [0.5, 0.6) is 0 Å². The molecule has 0 amide bonds. The van der Waals surface area contributed by atoms with Crippen molar-refractivity contribution in [3.05, 3.63) is 0 Å². The molecule has 0 N–H and O–H groups in total. The third kappa shape index (κ3) is 3.48. The van der Waals surface area contributed by atoms with Gasteiger partial charge in [-0.15, -0.1) is 0 Å². The normalized spacial score (nSPS) is 25.3. The third-order valence-electron chi connectivity index (χ3n) is 3.28. The molecule has 1 rings (SSSR count). The summed E-state index contributed by atoms with van der Waals surface area (Å²) in [5.74, 6) is 0.563. The summed E-state index contributed by atoms with van der Waals surface area (Å²) in [7, 11) is 1.74. The lowest BCUT2D eigenvalue weighted by atomic mass is 9.95. The van der Waals surface area contributed by atoms with Gasteiger partial charge >= 0.3 is 0 Å². The first-order valence-corrected chi connectivity index (χ1v) is 5.71. The lowest BCUT2D eigenvalue weighted by molar-refractivity contribution is 0.137. The molecular weight excluding hydrogens is 188 g/mol. The van der Waals surface area contributed by atoms with Gasteiger partial charge in [0.2, 0.25) is 0 Å². The van der Waals surface area contributed by atoms with Gasteiger partial charge in [0.1, 0.15) is 0 Å². The van der Waals surface area contributed by atoms with Crippen LogP contribution in [-0.4, -0.2) is 37.2 Å². The van der Waals surface area contributed by atoms with E-state index < -0.39 is 0 Å². The number of ether oxygens (including phenoxy) is 1. The highest BCUT2D eigenvalue weighted by Gasteiger charge is 2.37. The number of hydrogen-bond donors (Lipinski definition) is 0. The Morgan fingerprint density at radius 1 is 1.53 bits per heavy atom. The number of methoxy groups -OCH3 is 1. The van der Waals surface area contributed by atoms with E-state index in [4.69, 9.17) is 10.00 Å². The first kappa shape index (κ1) is 12.5. The van der Waals surface area contributed by atoms with Crippen LogP contribution in [0.2, 0.25) is 0 Å². The molecule has 86 valence electrons. The Morgan fingerprint density at radius 3 is 2.87 bits per heavy atom. The fraction of sp³-hybridized carbons (Fsp3) is 0.917. The average molecular weight is 210 g/mol. The summed E-state index contributed by atoms with van der Waals surface area (Å²) < 4.78 is 5.07. The maximum atomic E-state index is 8.71. The molecule has 0 radical (unpaired) electrons. The van der Waals surface area contributed by atoms with Crippen LogP contribution < -0.4 is 0 Å². The standard InChI is InChI=1S/C12H22N2O/c1-12(2)9-11(5-6-13)10-14(12)7-4-8-15-3/h11H,4-5,7-10H2,1-3H3. The fourth-order valence-corrected chi connectivity index (χ4v) is 2.52. The first-order valence-electron chi connectivity index (χ1n) is 5.71. The number of likely N-dealkylation sites (tertiary alicyclic amines) is 1. The predicted octanol–water partition coefficient (Wildman–Crippen LogP) is 2.04. The van der Waals surface area contributed by atoms with Crippen LogP contribution in [0.1, 0.15) is 33.1 Å².